The molecule has 0 unspecified atom stereocenters. The normalized spacial score (nSPS) is 10.8. The molecule has 26 heavy (non-hydrogen) atoms. The van der Waals surface area contributed by atoms with E-state index in [-0.39, 0.29) is 29.9 Å². The fraction of sp³-hybridized carbons (Fsp3) is 0.333. The Morgan fingerprint density at radius 2 is 2.08 bits per heavy atom. The molecule has 0 spiro atoms. The maximum absolute atomic E-state index is 12.1. The van der Waals surface area contributed by atoms with Crippen LogP contribution >= 0.6 is 39.9 Å². The van der Waals surface area contributed by atoms with Crippen molar-refractivity contribution in [3.63, 3.8) is 0 Å². The van der Waals surface area contributed by atoms with Crippen LogP contribution in [0.1, 0.15) is 24.7 Å². The Labute approximate surface area is 179 Å². The van der Waals surface area contributed by atoms with Crippen LogP contribution in [0.15, 0.2) is 50.5 Å². The average Bonchev–Trinajstić information content (AvgIpc) is 3.09. The van der Waals surface area contributed by atoms with Gasteiger partial charge in [0.25, 0.3) is 0 Å². The highest BCUT2D eigenvalue weighted by Gasteiger charge is 2.06. The molecule has 1 amide bonds. The number of halogens is 2. The first-order valence-corrected chi connectivity index (χ1v) is 8.98. The Kier molecular flexibility index (Phi) is 10.3. The van der Waals surface area contributed by atoms with Gasteiger partial charge in [0.05, 0.1) is 6.26 Å². The molecular weight excluding hydrogens is 511 g/mol. The van der Waals surface area contributed by atoms with E-state index < -0.39 is 0 Å². The van der Waals surface area contributed by atoms with Crippen LogP contribution in [0.5, 0.6) is 0 Å². The first-order chi connectivity index (χ1) is 12.1. The fourth-order valence-corrected chi connectivity index (χ4v) is 2.50. The predicted molar refractivity (Wildman–Crippen MR) is 119 cm³/mol. The number of hydrogen-bond acceptors (Lipinski definition) is 3. The van der Waals surface area contributed by atoms with Crippen molar-refractivity contribution in [1.29, 1.82) is 0 Å². The summed E-state index contributed by atoms with van der Waals surface area (Å²) in [7, 11) is 0. The first kappa shape index (κ1) is 22.5. The molecule has 0 saturated heterocycles. The number of hydrogen-bond donors (Lipinski definition) is 3. The van der Waals surface area contributed by atoms with Crippen LogP contribution in [-0.2, 0) is 11.3 Å². The molecule has 1 aromatic heterocycles. The van der Waals surface area contributed by atoms with Crippen LogP contribution in [0, 0.1) is 6.92 Å². The van der Waals surface area contributed by atoms with Gasteiger partial charge < -0.3 is 20.4 Å². The topological polar surface area (TPSA) is 78.7 Å². The van der Waals surface area contributed by atoms with E-state index in [1.54, 1.807) is 6.26 Å². The van der Waals surface area contributed by atoms with Crippen molar-refractivity contribution in [3.8, 4) is 0 Å². The van der Waals surface area contributed by atoms with Crippen molar-refractivity contribution < 1.29 is 9.21 Å². The van der Waals surface area contributed by atoms with Crippen molar-refractivity contribution in [1.82, 2.24) is 10.6 Å². The Balaban J connectivity index is 0.00000338. The zero-order chi connectivity index (χ0) is 18.1. The predicted octanol–water partition coefficient (Wildman–Crippen LogP) is 4.05. The van der Waals surface area contributed by atoms with E-state index in [1.165, 1.54) is 0 Å². The molecule has 0 saturated carbocycles. The van der Waals surface area contributed by atoms with Gasteiger partial charge in [0.15, 0.2) is 5.96 Å². The molecule has 1 aromatic carbocycles. The lowest BCUT2D eigenvalue weighted by molar-refractivity contribution is -0.116. The van der Waals surface area contributed by atoms with Crippen LogP contribution in [0.4, 0.5) is 5.69 Å². The lowest BCUT2D eigenvalue weighted by Crippen LogP contribution is -2.38. The zero-order valence-electron chi connectivity index (χ0n) is 14.8. The summed E-state index contributed by atoms with van der Waals surface area (Å²) in [4.78, 5) is 16.5. The lowest BCUT2D eigenvalue weighted by atomic mass is 10.2. The van der Waals surface area contributed by atoms with Gasteiger partial charge in [-0.3, -0.25) is 4.79 Å². The quantitative estimate of drug-likeness (QED) is 0.284. The van der Waals surface area contributed by atoms with Gasteiger partial charge in [-0.2, -0.15) is 0 Å². The van der Waals surface area contributed by atoms with Crippen LogP contribution in [0.2, 0.25) is 0 Å². The zero-order valence-corrected chi connectivity index (χ0v) is 18.8. The number of carbonyl (C=O) groups is 1. The van der Waals surface area contributed by atoms with Crippen LogP contribution in [0.25, 0.3) is 0 Å². The summed E-state index contributed by atoms with van der Waals surface area (Å²) in [5.41, 5.74) is 1.84. The third-order valence-corrected chi connectivity index (χ3v) is 3.93. The Bertz CT molecular complexity index is 720. The van der Waals surface area contributed by atoms with E-state index >= 15 is 0 Å². The largest absolute Gasteiger partial charge is 0.467 e. The SMILES string of the molecule is CCNC(=NCc1ccco1)NCCC(=O)Nc1cc(Br)ccc1C.I. The van der Waals surface area contributed by atoms with E-state index in [2.05, 4.69) is 36.9 Å². The number of furan rings is 1. The van der Waals surface area contributed by atoms with Gasteiger partial charge in [0.2, 0.25) is 5.91 Å². The minimum absolute atomic E-state index is 0. The number of aliphatic imine (C=N–C) groups is 1. The molecule has 8 heteroatoms. The molecule has 1 heterocycles. The number of carbonyl (C=O) groups excluding carboxylic acids is 1. The van der Waals surface area contributed by atoms with E-state index in [1.807, 2.05) is 44.2 Å². The van der Waals surface area contributed by atoms with Gasteiger partial charge in [-0.25, -0.2) is 4.99 Å². The molecule has 0 bridgehead atoms. The van der Waals surface area contributed by atoms with Crippen molar-refractivity contribution in [3.05, 3.63) is 52.4 Å². The van der Waals surface area contributed by atoms with Gasteiger partial charge in [-0.05, 0) is 43.7 Å². The number of rotatable bonds is 7. The number of nitrogens with zero attached hydrogens (tertiary/aromatic N) is 1. The number of guanidine groups is 1. The summed E-state index contributed by atoms with van der Waals surface area (Å²) in [5, 5.41) is 9.22. The van der Waals surface area contributed by atoms with Gasteiger partial charge in [0.1, 0.15) is 12.3 Å². The molecule has 0 fully saturated rings. The molecule has 0 radical (unpaired) electrons. The minimum atomic E-state index is -0.0458. The maximum Gasteiger partial charge on any atom is 0.226 e. The maximum atomic E-state index is 12.1. The third kappa shape index (κ3) is 7.77. The molecule has 0 aliphatic heterocycles. The van der Waals surface area contributed by atoms with Crippen molar-refractivity contribution in [2.45, 2.75) is 26.8 Å². The highest BCUT2D eigenvalue weighted by atomic mass is 127. The fourth-order valence-electron chi connectivity index (χ4n) is 2.14. The third-order valence-electron chi connectivity index (χ3n) is 3.44. The summed E-state index contributed by atoms with van der Waals surface area (Å²) in [5.74, 6) is 1.40. The number of aryl methyl sites for hydroxylation is 1. The number of nitrogens with one attached hydrogen (secondary N) is 3. The van der Waals surface area contributed by atoms with Crippen LogP contribution in [0.3, 0.4) is 0 Å². The standard InChI is InChI=1S/C18H23BrN4O2.HI/c1-3-20-18(22-12-15-5-4-10-25-15)21-9-8-17(24)23-16-11-14(19)7-6-13(16)2;/h4-7,10-11H,3,8-9,12H2,1-2H3,(H,23,24)(H2,20,21,22);1H. The second-order valence-electron chi connectivity index (χ2n) is 5.46. The number of amides is 1. The Morgan fingerprint density at radius 3 is 2.77 bits per heavy atom. The van der Waals surface area contributed by atoms with Gasteiger partial charge >= 0.3 is 0 Å². The second-order valence-corrected chi connectivity index (χ2v) is 6.37. The van der Waals surface area contributed by atoms with Crippen molar-refractivity contribution in [2.75, 3.05) is 18.4 Å². The van der Waals surface area contributed by atoms with Gasteiger partial charge in [-0.15, -0.1) is 24.0 Å². The lowest BCUT2D eigenvalue weighted by Gasteiger charge is -2.12. The summed E-state index contributed by atoms with van der Waals surface area (Å²) in [6.07, 6.45) is 1.97. The van der Waals surface area contributed by atoms with Crippen molar-refractivity contribution in [2.24, 2.45) is 4.99 Å². The monoisotopic (exact) mass is 534 g/mol. The summed E-state index contributed by atoms with van der Waals surface area (Å²) in [6, 6.07) is 9.52. The smallest absolute Gasteiger partial charge is 0.226 e. The van der Waals surface area contributed by atoms with E-state index in [9.17, 15) is 4.79 Å². The molecule has 2 aromatic rings. The molecule has 0 aliphatic carbocycles. The molecule has 0 atom stereocenters. The molecule has 2 rings (SSSR count). The first-order valence-electron chi connectivity index (χ1n) is 8.19. The van der Waals surface area contributed by atoms with E-state index in [4.69, 9.17) is 4.42 Å². The van der Waals surface area contributed by atoms with Crippen LogP contribution in [-0.4, -0.2) is 25.0 Å². The van der Waals surface area contributed by atoms with Crippen LogP contribution < -0.4 is 16.0 Å². The number of anilines is 1. The summed E-state index contributed by atoms with van der Waals surface area (Å²) < 4.78 is 6.20. The Morgan fingerprint density at radius 1 is 1.27 bits per heavy atom. The number of benzene rings is 1. The molecule has 3 N–H and O–H groups in total. The Hall–Kier alpha value is -1.55. The van der Waals surface area contributed by atoms with Crippen molar-refractivity contribution >= 4 is 57.5 Å². The highest BCUT2D eigenvalue weighted by molar-refractivity contribution is 14.0. The average molecular weight is 535 g/mol. The van der Waals surface area contributed by atoms with E-state index in [0.717, 1.165) is 28.0 Å². The molecule has 0 aliphatic rings. The van der Waals surface area contributed by atoms with E-state index in [0.29, 0.717) is 25.5 Å². The van der Waals surface area contributed by atoms with Gasteiger partial charge in [-0.1, -0.05) is 22.0 Å². The summed E-state index contributed by atoms with van der Waals surface area (Å²) in [6.45, 7) is 5.64. The molecular formula is C18H24BrIN4O2. The van der Waals surface area contributed by atoms with Gasteiger partial charge in [0, 0.05) is 29.7 Å². The highest BCUT2D eigenvalue weighted by Crippen LogP contribution is 2.20. The molecule has 6 nitrogen and oxygen atoms in total. The molecule has 142 valence electrons. The minimum Gasteiger partial charge on any atom is -0.467 e. The summed E-state index contributed by atoms with van der Waals surface area (Å²) >= 11 is 3.41. The second kappa shape index (κ2) is 11.9.